The fourth-order valence-corrected chi connectivity index (χ4v) is 3.99. The number of amides is 2. The van der Waals surface area contributed by atoms with Crippen LogP contribution < -0.4 is 5.32 Å². The van der Waals surface area contributed by atoms with E-state index < -0.39 is 0 Å². The monoisotopic (exact) mass is 369 g/mol. The topological polar surface area (TPSA) is 52.7 Å². The zero-order valence-electron chi connectivity index (χ0n) is 14.1. The molecule has 5 nitrogen and oxygen atoms in total. The summed E-state index contributed by atoms with van der Waals surface area (Å²) in [5, 5.41) is 3.67. The first-order valence-electron chi connectivity index (χ1n) is 8.17. The minimum absolute atomic E-state index is 0.0151. The molecule has 1 unspecified atom stereocenters. The third-order valence-electron chi connectivity index (χ3n) is 4.17. The molecule has 1 atom stereocenters. The molecule has 0 saturated carbocycles. The lowest BCUT2D eigenvalue weighted by atomic mass is 10.0. The molecule has 2 rings (SSSR count). The van der Waals surface area contributed by atoms with Gasteiger partial charge in [-0.25, -0.2) is 0 Å². The smallest absolute Gasteiger partial charge is 0.239 e. The molecule has 1 N–H and O–H groups in total. The Morgan fingerprint density at radius 3 is 2.67 bits per heavy atom. The van der Waals surface area contributed by atoms with Gasteiger partial charge >= 0.3 is 0 Å². The summed E-state index contributed by atoms with van der Waals surface area (Å²) in [6, 6.07) is 7.74. The van der Waals surface area contributed by atoms with Crippen molar-refractivity contribution in [3.8, 4) is 0 Å². The largest absolute Gasteiger partial charge is 0.353 e. The van der Waals surface area contributed by atoms with Crippen LogP contribution in [0.4, 0.5) is 0 Å². The van der Waals surface area contributed by atoms with Gasteiger partial charge in [0.2, 0.25) is 11.8 Å². The number of nitrogens with zero attached hydrogens (tertiary/aromatic N) is 2. The molecule has 2 amide bonds. The Morgan fingerprint density at radius 1 is 1.38 bits per heavy atom. The van der Waals surface area contributed by atoms with Crippen LogP contribution in [-0.2, 0) is 9.59 Å². The Hall–Kier alpha value is -1.24. The van der Waals surface area contributed by atoms with Crippen molar-refractivity contribution in [3.63, 3.8) is 0 Å². The van der Waals surface area contributed by atoms with Crippen molar-refractivity contribution in [2.75, 3.05) is 37.8 Å². The molecule has 24 heavy (non-hydrogen) atoms. The molecule has 1 fully saturated rings. The summed E-state index contributed by atoms with van der Waals surface area (Å²) in [6.45, 7) is 6.51. The lowest BCUT2D eigenvalue weighted by Gasteiger charge is -2.31. The van der Waals surface area contributed by atoms with Gasteiger partial charge in [0.05, 0.1) is 17.7 Å². The van der Waals surface area contributed by atoms with Crippen molar-refractivity contribution in [2.45, 2.75) is 19.9 Å². The highest BCUT2D eigenvalue weighted by atomic mass is 35.5. The van der Waals surface area contributed by atoms with E-state index >= 15 is 0 Å². The second kappa shape index (κ2) is 9.30. The van der Waals surface area contributed by atoms with Gasteiger partial charge in [0, 0.05) is 11.6 Å². The molecule has 1 aromatic rings. The van der Waals surface area contributed by atoms with Gasteiger partial charge in [-0.3, -0.25) is 14.5 Å². The minimum atomic E-state index is -0.130. The number of likely N-dealkylation sites (N-methyl/N-ethyl adjacent to an activating group) is 1. The van der Waals surface area contributed by atoms with E-state index in [-0.39, 0.29) is 24.4 Å². The first-order valence-corrected chi connectivity index (χ1v) is 9.70. The van der Waals surface area contributed by atoms with Gasteiger partial charge in [-0.2, -0.15) is 0 Å². The number of carbonyl (C=O) groups is 2. The summed E-state index contributed by atoms with van der Waals surface area (Å²) >= 11 is 7.89. The third kappa shape index (κ3) is 4.88. The van der Waals surface area contributed by atoms with Gasteiger partial charge in [-0.05, 0) is 24.7 Å². The number of nitrogens with one attached hydrogen (secondary N) is 1. The number of carbonyl (C=O) groups excluding carboxylic acids is 2. The lowest BCUT2D eigenvalue weighted by molar-refractivity contribution is -0.132. The first-order chi connectivity index (χ1) is 11.6. The van der Waals surface area contributed by atoms with Gasteiger partial charge in [-0.15, -0.1) is 11.8 Å². The van der Waals surface area contributed by atoms with Crippen molar-refractivity contribution in [3.05, 3.63) is 34.9 Å². The van der Waals surface area contributed by atoms with Crippen molar-refractivity contribution in [1.29, 1.82) is 0 Å². The zero-order valence-corrected chi connectivity index (χ0v) is 15.7. The number of halogens is 1. The van der Waals surface area contributed by atoms with Crippen LogP contribution in [0.15, 0.2) is 24.3 Å². The first kappa shape index (κ1) is 19.1. The zero-order chi connectivity index (χ0) is 17.5. The number of hydrogen-bond acceptors (Lipinski definition) is 4. The Balaban J connectivity index is 2.01. The van der Waals surface area contributed by atoms with E-state index in [1.54, 1.807) is 4.90 Å². The molecule has 1 heterocycles. The van der Waals surface area contributed by atoms with Crippen LogP contribution in [0.2, 0.25) is 5.02 Å². The van der Waals surface area contributed by atoms with E-state index in [4.69, 9.17) is 11.6 Å². The predicted molar refractivity (Wildman–Crippen MR) is 99.2 cm³/mol. The van der Waals surface area contributed by atoms with Crippen LogP contribution >= 0.6 is 23.4 Å². The van der Waals surface area contributed by atoms with Crippen molar-refractivity contribution in [2.24, 2.45) is 0 Å². The second-order valence-electron chi connectivity index (χ2n) is 5.63. The molecule has 0 spiro atoms. The molecule has 132 valence electrons. The van der Waals surface area contributed by atoms with Gasteiger partial charge in [-0.1, -0.05) is 43.6 Å². The fraction of sp³-hybridized carbons (Fsp3) is 0.529. The summed E-state index contributed by atoms with van der Waals surface area (Å²) in [7, 11) is 0. The van der Waals surface area contributed by atoms with Crippen LogP contribution in [0, 0.1) is 0 Å². The molecule has 1 aliphatic heterocycles. The molecule has 0 radical (unpaired) electrons. The summed E-state index contributed by atoms with van der Waals surface area (Å²) in [4.78, 5) is 27.7. The quantitative estimate of drug-likeness (QED) is 0.764. The minimum Gasteiger partial charge on any atom is -0.353 e. The van der Waals surface area contributed by atoms with E-state index in [1.807, 2.05) is 24.3 Å². The van der Waals surface area contributed by atoms with E-state index in [9.17, 15) is 9.59 Å². The lowest BCUT2D eigenvalue weighted by Crippen LogP contribution is -2.42. The normalized spacial score (nSPS) is 15.8. The highest BCUT2D eigenvalue weighted by Gasteiger charge is 2.24. The maximum absolute atomic E-state index is 12.2. The molecule has 1 aliphatic rings. The van der Waals surface area contributed by atoms with Crippen LogP contribution in [-0.4, -0.2) is 59.4 Å². The van der Waals surface area contributed by atoms with E-state index in [2.05, 4.69) is 24.1 Å². The molecule has 7 heteroatoms. The molecule has 0 aromatic heterocycles. The van der Waals surface area contributed by atoms with Gasteiger partial charge in [0.1, 0.15) is 6.54 Å². The SMILES string of the molecule is CCN(CC)C(CNC(=O)CN1CSCC1=O)c1ccccc1Cl. The Morgan fingerprint density at radius 2 is 2.08 bits per heavy atom. The maximum Gasteiger partial charge on any atom is 0.239 e. The summed E-state index contributed by atoms with van der Waals surface area (Å²) in [5.41, 5.74) is 1.01. The average Bonchev–Trinajstić information content (AvgIpc) is 2.97. The van der Waals surface area contributed by atoms with Crippen molar-refractivity contribution >= 4 is 35.2 Å². The van der Waals surface area contributed by atoms with E-state index in [0.717, 1.165) is 18.7 Å². The Labute approximate surface area is 152 Å². The highest BCUT2D eigenvalue weighted by molar-refractivity contribution is 8.00. The molecular weight excluding hydrogens is 346 g/mol. The van der Waals surface area contributed by atoms with Crippen molar-refractivity contribution in [1.82, 2.24) is 15.1 Å². The summed E-state index contributed by atoms with van der Waals surface area (Å²) < 4.78 is 0. The Bertz CT molecular complexity index is 581. The molecule has 1 saturated heterocycles. The van der Waals surface area contributed by atoms with Crippen LogP contribution in [0.1, 0.15) is 25.5 Å². The van der Waals surface area contributed by atoms with Crippen LogP contribution in [0.5, 0.6) is 0 Å². The van der Waals surface area contributed by atoms with E-state index in [0.29, 0.717) is 23.2 Å². The Kier molecular flexibility index (Phi) is 7.40. The fourth-order valence-electron chi connectivity index (χ4n) is 2.83. The second-order valence-corrected chi connectivity index (χ2v) is 6.99. The molecule has 0 bridgehead atoms. The predicted octanol–water partition coefficient (Wildman–Crippen LogP) is 2.37. The number of rotatable bonds is 8. The number of thioether (sulfide) groups is 1. The highest BCUT2D eigenvalue weighted by Crippen LogP contribution is 2.27. The number of hydrogen-bond donors (Lipinski definition) is 1. The standard InChI is InChI=1S/C17H24ClN3O2S/c1-3-20(4-2)15(13-7-5-6-8-14(13)18)9-19-16(22)10-21-12-24-11-17(21)23/h5-8,15H,3-4,9-12H2,1-2H3,(H,19,22). The molecule has 0 aliphatic carbocycles. The van der Waals surface area contributed by atoms with Gasteiger partial charge < -0.3 is 10.2 Å². The van der Waals surface area contributed by atoms with Crippen molar-refractivity contribution < 1.29 is 9.59 Å². The summed E-state index contributed by atoms with van der Waals surface area (Å²) in [6.07, 6.45) is 0. The number of benzene rings is 1. The average molecular weight is 370 g/mol. The molecule has 1 aromatic carbocycles. The maximum atomic E-state index is 12.2. The van der Waals surface area contributed by atoms with Crippen LogP contribution in [0.25, 0.3) is 0 Å². The van der Waals surface area contributed by atoms with Gasteiger partial charge in [0.25, 0.3) is 0 Å². The molecular formula is C17H24ClN3O2S. The van der Waals surface area contributed by atoms with Gasteiger partial charge in [0.15, 0.2) is 0 Å². The summed E-state index contributed by atoms with van der Waals surface area (Å²) in [5.74, 6) is 0.960. The third-order valence-corrected chi connectivity index (χ3v) is 5.46. The van der Waals surface area contributed by atoms with Crippen LogP contribution in [0.3, 0.4) is 0 Å². The van der Waals surface area contributed by atoms with E-state index in [1.165, 1.54) is 11.8 Å².